The van der Waals surface area contributed by atoms with Crippen molar-refractivity contribution >= 4 is 0 Å². The number of halogens is 1. The van der Waals surface area contributed by atoms with Crippen LogP contribution in [-0.4, -0.2) is 60.2 Å². The maximum Gasteiger partial charge on any atom is 0.123 e. The van der Waals surface area contributed by atoms with Crippen molar-refractivity contribution in [3.63, 3.8) is 0 Å². The fourth-order valence-electron chi connectivity index (χ4n) is 3.68. The van der Waals surface area contributed by atoms with E-state index in [1.54, 1.807) is 12.1 Å². The number of ether oxygens (including phenoxy) is 2. The quantitative estimate of drug-likeness (QED) is 0.825. The Balaban J connectivity index is 1.76. The molecule has 5 nitrogen and oxygen atoms in total. The first-order valence-corrected chi connectivity index (χ1v) is 10.1. The van der Waals surface area contributed by atoms with Gasteiger partial charge in [-0.3, -0.25) is 4.90 Å². The molecule has 158 valence electrons. The van der Waals surface area contributed by atoms with Crippen LogP contribution in [0.15, 0.2) is 48.5 Å². The van der Waals surface area contributed by atoms with E-state index in [2.05, 4.69) is 4.90 Å². The van der Waals surface area contributed by atoms with Crippen LogP contribution in [-0.2, 0) is 17.7 Å². The number of aryl methyl sites for hydroxylation is 1. The van der Waals surface area contributed by atoms with Gasteiger partial charge in [0.05, 0.1) is 6.10 Å². The van der Waals surface area contributed by atoms with Gasteiger partial charge in [0.15, 0.2) is 0 Å². The summed E-state index contributed by atoms with van der Waals surface area (Å²) in [5.41, 5.74) is 2.09. The van der Waals surface area contributed by atoms with Gasteiger partial charge < -0.3 is 19.7 Å². The molecule has 0 bridgehead atoms. The molecular weight excluding hydrogens is 373 g/mol. The fourth-order valence-corrected chi connectivity index (χ4v) is 3.68. The minimum absolute atomic E-state index is 0.00397. The van der Waals surface area contributed by atoms with Crippen LogP contribution in [0.25, 0.3) is 0 Å². The number of aliphatic hydroxyl groups is 2. The molecule has 2 aromatic rings. The second kappa shape index (κ2) is 10.7. The predicted molar refractivity (Wildman–Crippen MR) is 109 cm³/mol. The molecule has 0 aromatic heterocycles. The molecule has 1 aliphatic heterocycles. The number of methoxy groups -OCH3 is 1. The van der Waals surface area contributed by atoms with Crippen LogP contribution in [0.2, 0.25) is 0 Å². The maximum atomic E-state index is 13.2. The highest BCUT2D eigenvalue weighted by molar-refractivity contribution is 5.33. The average Bonchev–Trinajstić information content (AvgIpc) is 2.75. The van der Waals surface area contributed by atoms with Crippen molar-refractivity contribution in [1.82, 2.24) is 4.90 Å². The van der Waals surface area contributed by atoms with Crippen LogP contribution >= 0.6 is 0 Å². The summed E-state index contributed by atoms with van der Waals surface area (Å²) in [6.07, 6.45) is 0.121. The lowest BCUT2D eigenvalue weighted by Crippen LogP contribution is -2.47. The molecule has 0 spiro atoms. The molecule has 0 fully saturated rings. The molecule has 0 amide bonds. The summed E-state index contributed by atoms with van der Waals surface area (Å²) in [5, 5.41) is 21.1. The minimum Gasteiger partial charge on any atom is -0.491 e. The molecule has 0 saturated carbocycles. The molecule has 3 atom stereocenters. The van der Waals surface area contributed by atoms with Crippen LogP contribution in [0.1, 0.15) is 24.0 Å². The lowest BCUT2D eigenvalue weighted by atomic mass is 10.1. The molecule has 0 saturated heterocycles. The van der Waals surface area contributed by atoms with Gasteiger partial charge in [0.2, 0.25) is 0 Å². The lowest BCUT2D eigenvalue weighted by molar-refractivity contribution is -0.0955. The van der Waals surface area contributed by atoms with Gasteiger partial charge >= 0.3 is 0 Å². The van der Waals surface area contributed by atoms with Crippen LogP contribution in [0.3, 0.4) is 0 Å². The number of aliphatic hydroxyl groups excluding tert-OH is 2. The van der Waals surface area contributed by atoms with Crippen LogP contribution in [0, 0.1) is 5.82 Å². The molecule has 29 heavy (non-hydrogen) atoms. The Labute approximate surface area is 171 Å². The zero-order valence-corrected chi connectivity index (χ0v) is 16.8. The monoisotopic (exact) mass is 403 g/mol. The first-order chi connectivity index (χ1) is 14.1. The molecule has 0 aliphatic carbocycles. The molecule has 1 heterocycles. The average molecular weight is 403 g/mol. The number of para-hydroxylation sites is 1. The van der Waals surface area contributed by atoms with E-state index in [0.717, 1.165) is 42.7 Å². The van der Waals surface area contributed by atoms with Gasteiger partial charge in [-0.25, -0.2) is 4.39 Å². The Morgan fingerprint density at radius 3 is 2.62 bits per heavy atom. The summed E-state index contributed by atoms with van der Waals surface area (Å²) in [4.78, 5) is 2.18. The van der Waals surface area contributed by atoms with E-state index in [4.69, 9.17) is 9.47 Å². The van der Waals surface area contributed by atoms with Gasteiger partial charge in [-0.1, -0.05) is 30.3 Å². The topological polar surface area (TPSA) is 62.2 Å². The summed E-state index contributed by atoms with van der Waals surface area (Å²) < 4.78 is 24.5. The fraction of sp³-hybridized carbons (Fsp3) is 0.478. The third-order valence-corrected chi connectivity index (χ3v) is 5.39. The SMILES string of the molecule is COC1CN(Cc2ccc(F)cc2)CCCCc2ccccc2OC[C@@H](O)[C@H]1O. The van der Waals surface area contributed by atoms with E-state index >= 15 is 0 Å². The second-order valence-electron chi connectivity index (χ2n) is 7.57. The molecule has 3 rings (SSSR count). The van der Waals surface area contributed by atoms with E-state index in [9.17, 15) is 14.6 Å². The number of nitrogens with zero attached hydrogens (tertiary/aromatic N) is 1. The molecule has 2 aromatic carbocycles. The maximum absolute atomic E-state index is 13.2. The second-order valence-corrected chi connectivity index (χ2v) is 7.57. The lowest BCUT2D eigenvalue weighted by Gasteiger charge is -2.31. The van der Waals surface area contributed by atoms with E-state index < -0.39 is 18.3 Å². The minimum atomic E-state index is -1.08. The van der Waals surface area contributed by atoms with Crippen molar-refractivity contribution in [3.05, 3.63) is 65.5 Å². The van der Waals surface area contributed by atoms with E-state index in [0.29, 0.717) is 13.1 Å². The van der Waals surface area contributed by atoms with Crippen LogP contribution in [0.4, 0.5) is 4.39 Å². The van der Waals surface area contributed by atoms with Crippen molar-refractivity contribution in [2.24, 2.45) is 0 Å². The standard InChI is InChI=1S/C23H30FNO4/c1-28-22-15-25(14-17-9-11-19(24)12-10-17)13-5-4-7-18-6-2-3-8-21(18)29-16-20(26)23(22)27/h2-3,6,8-12,20,22-23,26-27H,4-5,7,13-16H2,1H3/t20-,22?,23-/m1/s1. The van der Waals surface area contributed by atoms with E-state index in [1.165, 1.54) is 19.2 Å². The van der Waals surface area contributed by atoms with Crippen LogP contribution in [0.5, 0.6) is 5.75 Å². The van der Waals surface area contributed by atoms with E-state index in [1.807, 2.05) is 24.3 Å². The van der Waals surface area contributed by atoms with Gasteiger partial charge in [-0.05, 0) is 55.1 Å². The zero-order valence-electron chi connectivity index (χ0n) is 16.8. The number of hydrogen-bond acceptors (Lipinski definition) is 5. The molecule has 1 aliphatic rings. The van der Waals surface area contributed by atoms with Crippen molar-refractivity contribution in [3.8, 4) is 5.75 Å². The van der Waals surface area contributed by atoms with Crippen molar-refractivity contribution in [1.29, 1.82) is 0 Å². The van der Waals surface area contributed by atoms with Crippen molar-refractivity contribution < 1.29 is 24.1 Å². The third kappa shape index (κ3) is 6.24. The zero-order chi connectivity index (χ0) is 20.6. The molecule has 2 N–H and O–H groups in total. The summed E-state index contributed by atoms with van der Waals surface area (Å²) in [6, 6.07) is 14.3. The first kappa shape index (κ1) is 21.7. The van der Waals surface area contributed by atoms with Crippen molar-refractivity contribution in [2.45, 2.75) is 44.1 Å². The Hall–Kier alpha value is -1.99. The van der Waals surface area contributed by atoms with E-state index in [-0.39, 0.29) is 12.4 Å². The highest BCUT2D eigenvalue weighted by atomic mass is 19.1. The number of rotatable bonds is 3. The molecule has 0 radical (unpaired) electrons. The summed E-state index contributed by atoms with van der Waals surface area (Å²) in [5.74, 6) is 0.487. The van der Waals surface area contributed by atoms with Gasteiger partial charge in [0.25, 0.3) is 0 Å². The Morgan fingerprint density at radius 2 is 1.86 bits per heavy atom. The van der Waals surface area contributed by atoms with Gasteiger partial charge in [0, 0.05) is 20.2 Å². The third-order valence-electron chi connectivity index (χ3n) is 5.39. The number of benzene rings is 2. The number of hydrogen-bond donors (Lipinski definition) is 2. The normalized spacial score (nSPS) is 24.5. The highest BCUT2D eigenvalue weighted by Crippen LogP contribution is 2.22. The van der Waals surface area contributed by atoms with Gasteiger partial charge in [-0.2, -0.15) is 0 Å². The Bertz CT molecular complexity index is 755. The highest BCUT2D eigenvalue weighted by Gasteiger charge is 2.29. The Morgan fingerprint density at radius 1 is 1.10 bits per heavy atom. The van der Waals surface area contributed by atoms with Crippen LogP contribution < -0.4 is 4.74 Å². The summed E-state index contributed by atoms with van der Waals surface area (Å²) in [7, 11) is 1.53. The summed E-state index contributed by atoms with van der Waals surface area (Å²) in [6.45, 7) is 1.88. The first-order valence-electron chi connectivity index (χ1n) is 10.1. The predicted octanol–water partition coefficient (Wildman–Crippen LogP) is 2.78. The van der Waals surface area contributed by atoms with Gasteiger partial charge in [-0.15, -0.1) is 0 Å². The summed E-state index contributed by atoms with van der Waals surface area (Å²) >= 11 is 0. The molecular formula is C23H30FNO4. The molecule has 6 heteroatoms. The number of fused-ring (bicyclic) bond motifs is 1. The Kier molecular flexibility index (Phi) is 8.00. The molecule has 1 unspecified atom stereocenters. The smallest absolute Gasteiger partial charge is 0.123 e. The van der Waals surface area contributed by atoms with Gasteiger partial charge in [0.1, 0.15) is 30.4 Å². The largest absolute Gasteiger partial charge is 0.491 e. The van der Waals surface area contributed by atoms with Crippen molar-refractivity contribution in [2.75, 3.05) is 26.8 Å².